The summed E-state index contributed by atoms with van der Waals surface area (Å²) in [6.45, 7) is 8.05. The third-order valence-corrected chi connectivity index (χ3v) is 3.46. The van der Waals surface area contributed by atoms with Gasteiger partial charge in [-0.05, 0) is 36.6 Å². The number of allylic oxidation sites excluding steroid dienone is 1. The van der Waals surface area contributed by atoms with E-state index in [0.29, 0.717) is 0 Å². The second-order valence-corrected chi connectivity index (χ2v) is 4.74. The van der Waals surface area contributed by atoms with Crippen molar-refractivity contribution in [3.05, 3.63) is 46.2 Å². The Hall–Kier alpha value is -1.34. The Morgan fingerprint density at radius 1 is 1.33 bits per heavy atom. The van der Waals surface area contributed by atoms with Gasteiger partial charge in [0.15, 0.2) is 0 Å². The third-order valence-electron chi connectivity index (χ3n) is 2.33. The van der Waals surface area contributed by atoms with Gasteiger partial charge >= 0.3 is 0 Å². The van der Waals surface area contributed by atoms with Crippen LogP contribution in [0, 0.1) is 0 Å². The van der Waals surface area contributed by atoms with Crippen LogP contribution >= 0.6 is 11.3 Å². The predicted molar refractivity (Wildman–Crippen MR) is 70.5 cm³/mol. The van der Waals surface area contributed by atoms with E-state index in [9.17, 15) is 0 Å². The fraction of sp³-hybridized carbons (Fsp3) is 0.143. The van der Waals surface area contributed by atoms with Gasteiger partial charge in [0.25, 0.3) is 0 Å². The van der Waals surface area contributed by atoms with Gasteiger partial charge in [-0.1, -0.05) is 36.4 Å². The van der Waals surface area contributed by atoms with Crippen molar-refractivity contribution in [3.8, 4) is 0 Å². The third kappa shape index (κ3) is 1.88. The Labute approximate surface area is 93.9 Å². The summed E-state index contributed by atoms with van der Waals surface area (Å²) >= 11 is 1.83. The first-order valence-electron chi connectivity index (χ1n) is 5.03. The Bertz CT molecular complexity index is 614. The molecule has 2 aromatic rings. The Morgan fingerprint density at radius 2 is 2.07 bits per heavy atom. The van der Waals surface area contributed by atoms with E-state index < -0.39 is 0 Å². The van der Waals surface area contributed by atoms with Crippen LogP contribution in [0.5, 0.6) is 0 Å². The molecule has 0 N–H and O–H groups in total. The van der Waals surface area contributed by atoms with Crippen molar-refractivity contribution in [2.45, 2.75) is 13.8 Å². The summed E-state index contributed by atoms with van der Waals surface area (Å²) in [6.07, 6.45) is 4.33. The fourth-order valence-electron chi connectivity index (χ4n) is 1.71. The van der Waals surface area contributed by atoms with Crippen LogP contribution in [-0.2, 0) is 0 Å². The lowest BCUT2D eigenvalue weighted by Gasteiger charge is -1.85. The minimum Gasteiger partial charge on any atom is -0.135 e. The number of thiophene rings is 1. The molecule has 0 saturated carbocycles. The molecule has 1 heterocycles. The van der Waals surface area contributed by atoms with Crippen molar-refractivity contribution < 1.29 is 0 Å². The highest BCUT2D eigenvalue weighted by Crippen LogP contribution is 2.12. The summed E-state index contributed by atoms with van der Waals surface area (Å²) in [4.78, 5) is 0. The van der Waals surface area contributed by atoms with Crippen LogP contribution in [0.3, 0.4) is 0 Å². The van der Waals surface area contributed by atoms with Gasteiger partial charge in [0.2, 0.25) is 0 Å². The molecule has 76 valence electrons. The van der Waals surface area contributed by atoms with Crippen LogP contribution in [0.1, 0.15) is 13.8 Å². The first-order chi connectivity index (χ1) is 7.22. The predicted octanol–water partition coefficient (Wildman–Crippen LogP) is 3.06. The van der Waals surface area contributed by atoms with Gasteiger partial charge in [0.1, 0.15) is 0 Å². The monoisotopic (exact) mass is 214 g/mol. The molecule has 0 saturated heterocycles. The molecule has 0 atom stereocenters. The first kappa shape index (κ1) is 10.2. The largest absolute Gasteiger partial charge is 0.135 e. The molecule has 1 aromatic carbocycles. The Morgan fingerprint density at radius 3 is 2.73 bits per heavy atom. The molecule has 0 bridgehead atoms. The maximum atomic E-state index is 3.93. The van der Waals surface area contributed by atoms with Crippen LogP contribution in [0.25, 0.3) is 22.2 Å². The number of hydrogen-bond donors (Lipinski definition) is 0. The summed E-state index contributed by atoms with van der Waals surface area (Å²) in [7, 11) is 0. The highest BCUT2D eigenvalue weighted by Gasteiger charge is 1.98. The maximum Gasteiger partial charge on any atom is 0.0355 e. The van der Waals surface area contributed by atoms with E-state index in [1.807, 2.05) is 18.3 Å². The summed E-state index contributed by atoms with van der Waals surface area (Å²) < 4.78 is 2.66. The van der Waals surface area contributed by atoms with Gasteiger partial charge in [0, 0.05) is 9.23 Å². The van der Waals surface area contributed by atoms with E-state index in [-0.39, 0.29) is 0 Å². The second kappa shape index (κ2) is 4.03. The lowest BCUT2D eigenvalue weighted by atomic mass is 10.2. The van der Waals surface area contributed by atoms with Gasteiger partial charge in [0.05, 0.1) is 0 Å². The minimum absolute atomic E-state index is 1.10. The Kier molecular flexibility index (Phi) is 2.74. The molecule has 0 aliphatic heterocycles. The summed E-state index contributed by atoms with van der Waals surface area (Å²) in [5, 5.41) is 2.68. The standard InChI is InChI=1S/C14H14S/c1-4-11-12-7-5-6-8-13(12)15-14(11)9-10(2)3/h4-9H,2H2,1,3H3/b11-4-,14-9+. The SMILES string of the molecule is C=C(C)/C=c1/sc2ccccc2/c1=C/C. The van der Waals surface area contributed by atoms with Crippen molar-refractivity contribution in [2.75, 3.05) is 0 Å². The van der Waals surface area contributed by atoms with Gasteiger partial charge < -0.3 is 0 Å². The zero-order chi connectivity index (χ0) is 10.8. The lowest BCUT2D eigenvalue weighted by Crippen LogP contribution is -2.17. The molecule has 0 radical (unpaired) electrons. The fourth-order valence-corrected chi connectivity index (χ4v) is 2.98. The number of benzene rings is 1. The second-order valence-electron chi connectivity index (χ2n) is 3.66. The van der Waals surface area contributed by atoms with Crippen molar-refractivity contribution >= 4 is 33.6 Å². The molecule has 0 amide bonds. The summed E-state index contributed by atoms with van der Waals surface area (Å²) in [6, 6.07) is 8.52. The van der Waals surface area contributed by atoms with E-state index in [1.54, 1.807) is 0 Å². The molecule has 0 nitrogen and oxygen atoms in total. The van der Waals surface area contributed by atoms with Crippen molar-refractivity contribution in [1.29, 1.82) is 0 Å². The zero-order valence-corrected chi connectivity index (χ0v) is 9.90. The zero-order valence-electron chi connectivity index (χ0n) is 9.08. The van der Waals surface area contributed by atoms with Crippen LogP contribution in [0.4, 0.5) is 0 Å². The molecular weight excluding hydrogens is 200 g/mol. The van der Waals surface area contributed by atoms with E-state index in [2.05, 4.69) is 49.9 Å². The summed E-state index contributed by atoms with van der Waals surface area (Å²) in [5.74, 6) is 0. The van der Waals surface area contributed by atoms with Crippen molar-refractivity contribution in [3.63, 3.8) is 0 Å². The van der Waals surface area contributed by atoms with Gasteiger partial charge in [-0.2, -0.15) is 0 Å². The molecule has 0 aliphatic rings. The lowest BCUT2D eigenvalue weighted by molar-refractivity contribution is 1.61. The molecule has 0 spiro atoms. The summed E-state index contributed by atoms with van der Waals surface area (Å²) in [5.41, 5.74) is 1.10. The number of hydrogen-bond acceptors (Lipinski definition) is 1. The van der Waals surface area contributed by atoms with E-state index in [1.165, 1.54) is 19.8 Å². The van der Waals surface area contributed by atoms with E-state index in [4.69, 9.17) is 0 Å². The smallest absolute Gasteiger partial charge is 0.0355 e. The van der Waals surface area contributed by atoms with Crippen LogP contribution in [0.2, 0.25) is 0 Å². The quantitative estimate of drug-likeness (QED) is 0.684. The average Bonchev–Trinajstić information content (AvgIpc) is 2.53. The molecule has 0 aliphatic carbocycles. The molecule has 0 unspecified atom stereocenters. The average molecular weight is 214 g/mol. The number of fused-ring (bicyclic) bond motifs is 1. The molecule has 2 rings (SSSR count). The van der Waals surface area contributed by atoms with Crippen molar-refractivity contribution in [2.24, 2.45) is 0 Å². The topological polar surface area (TPSA) is 0 Å². The normalized spacial score (nSPS) is 13.7. The van der Waals surface area contributed by atoms with Crippen molar-refractivity contribution in [1.82, 2.24) is 0 Å². The van der Waals surface area contributed by atoms with Crippen LogP contribution in [0.15, 0.2) is 36.4 Å². The minimum atomic E-state index is 1.10. The van der Waals surface area contributed by atoms with Crippen LogP contribution in [-0.4, -0.2) is 0 Å². The highest BCUT2D eigenvalue weighted by atomic mass is 32.1. The van der Waals surface area contributed by atoms with Gasteiger partial charge in [-0.25, -0.2) is 0 Å². The van der Waals surface area contributed by atoms with Crippen LogP contribution < -0.4 is 9.75 Å². The number of rotatable bonds is 1. The maximum absolute atomic E-state index is 3.93. The molecule has 15 heavy (non-hydrogen) atoms. The van der Waals surface area contributed by atoms with Gasteiger partial charge in [-0.3, -0.25) is 0 Å². The Balaban J connectivity index is 2.94. The highest BCUT2D eigenvalue weighted by molar-refractivity contribution is 7.17. The van der Waals surface area contributed by atoms with E-state index in [0.717, 1.165) is 5.57 Å². The molecule has 1 aromatic heterocycles. The molecular formula is C14H14S. The van der Waals surface area contributed by atoms with E-state index >= 15 is 0 Å². The molecule has 1 heteroatoms. The van der Waals surface area contributed by atoms with Gasteiger partial charge in [-0.15, -0.1) is 11.3 Å². The molecule has 0 fully saturated rings. The first-order valence-corrected chi connectivity index (χ1v) is 5.85.